The Morgan fingerprint density at radius 1 is 1.33 bits per heavy atom. The van der Waals surface area contributed by atoms with Crippen LogP contribution in [0.4, 0.5) is 5.69 Å². The van der Waals surface area contributed by atoms with Crippen molar-refractivity contribution in [3.63, 3.8) is 0 Å². The average Bonchev–Trinajstić information content (AvgIpc) is 2.96. The van der Waals surface area contributed by atoms with Gasteiger partial charge in [0.25, 0.3) is 11.8 Å². The van der Waals surface area contributed by atoms with Crippen molar-refractivity contribution in [1.82, 2.24) is 9.88 Å². The molecule has 1 heterocycles. The van der Waals surface area contributed by atoms with Gasteiger partial charge in [-0.05, 0) is 37.2 Å². The smallest absolute Gasteiger partial charge is 0.275 e. The second-order valence-electron chi connectivity index (χ2n) is 5.35. The zero-order valence-corrected chi connectivity index (χ0v) is 15.5. The zero-order chi connectivity index (χ0) is 17.0. The van der Waals surface area contributed by atoms with E-state index < -0.39 is 0 Å². The minimum absolute atomic E-state index is 0. The predicted octanol–water partition coefficient (Wildman–Crippen LogP) is 2.33. The maximum atomic E-state index is 12.2. The molecule has 2 amide bonds. The minimum atomic E-state index is -0.268. The molecule has 0 atom stereocenters. The molecule has 3 N–H and O–H groups in total. The van der Waals surface area contributed by atoms with E-state index in [9.17, 15) is 9.59 Å². The van der Waals surface area contributed by atoms with Gasteiger partial charge in [-0.2, -0.15) is 0 Å². The number of nitrogens with one attached hydrogen (secondary N) is 1. The molecule has 0 fully saturated rings. The Hall–Kier alpha value is -1.96. The van der Waals surface area contributed by atoms with Crippen LogP contribution in [-0.4, -0.2) is 42.3 Å². The van der Waals surface area contributed by atoms with Gasteiger partial charge < -0.3 is 16.0 Å². The van der Waals surface area contributed by atoms with Crippen molar-refractivity contribution < 1.29 is 9.59 Å². The number of carbonyl (C=O) groups excluding carboxylic acids is 2. The molecule has 0 bridgehead atoms. The molecule has 6 nitrogen and oxygen atoms in total. The van der Waals surface area contributed by atoms with Crippen molar-refractivity contribution in [3.8, 4) is 0 Å². The monoisotopic (exact) mass is 368 g/mol. The van der Waals surface area contributed by atoms with E-state index in [1.54, 1.807) is 37.7 Å². The summed E-state index contributed by atoms with van der Waals surface area (Å²) in [5.74, 6) is -0.332. The normalized spacial score (nSPS) is 10.0. The van der Waals surface area contributed by atoms with E-state index in [2.05, 4.69) is 10.3 Å². The van der Waals surface area contributed by atoms with Gasteiger partial charge >= 0.3 is 0 Å². The van der Waals surface area contributed by atoms with E-state index in [0.717, 1.165) is 10.6 Å². The van der Waals surface area contributed by atoms with E-state index in [0.29, 0.717) is 29.9 Å². The largest absolute Gasteiger partial charge is 0.345 e. The fourth-order valence-corrected chi connectivity index (χ4v) is 2.87. The number of rotatable bonds is 5. The number of nitrogens with two attached hydrogens (primary N) is 1. The molecule has 0 saturated heterocycles. The highest BCUT2D eigenvalue weighted by Gasteiger charge is 2.14. The number of benzene rings is 1. The number of nitrogens with zero attached hydrogens (tertiary/aromatic N) is 2. The minimum Gasteiger partial charge on any atom is -0.345 e. The Bertz CT molecular complexity index is 731. The Kier molecular flexibility index (Phi) is 7.34. The average molecular weight is 369 g/mol. The summed E-state index contributed by atoms with van der Waals surface area (Å²) in [6.07, 6.45) is 0.665. The molecule has 130 valence electrons. The Morgan fingerprint density at radius 3 is 2.62 bits per heavy atom. The molecule has 8 heteroatoms. The standard InChI is InChI=1S/C16H20N4O2S.ClH/c1-10-8-11(4-5-12(10)16(22)20(2)3)18-15(21)13-9-23-14(19-13)6-7-17;/h4-5,8-9H,6-7,17H2,1-3H3,(H,18,21);1H. The fraction of sp³-hybridized carbons (Fsp3) is 0.312. The number of anilines is 1. The van der Waals surface area contributed by atoms with E-state index in [1.165, 1.54) is 16.2 Å². The van der Waals surface area contributed by atoms with Crippen LogP contribution >= 0.6 is 23.7 Å². The summed E-state index contributed by atoms with van der Waals surface area (Å²) in [5, 5.41) is 5.37. The number of thiazole rings is 1. The van der Waals surface area contributed by atoms with Crippen LogP contribution < -0.4 is 11.1 Å². The van der Waals surface area contributed by atoms with Gasteiger partial charge in [-0.15, -0.1) is 23.7 Å². The lowest BCUT2D eigenvalue weighted by Gasteiger charge is -2.13. The first-order valence-corrected chi connectivity index (χ1v) is 8.08. The maximum absolute atomic E-state index is 12.2. The fourth-order valence-electron chi connectivity index (χ4n) is 2.07. The van der Waals surface area contributed by atoms with Crippen LogP contribution in [0.3, 0.4) is 0 Å². The SMILES string of the molecule is Cc1cc(NC(=O)c2csc(CCN)n2)ccc1C(=O)N(C)C.Cl. The van der Waals surface area contributed by atoms with Crippen molar-refractivity contribution in [2.75, 3.05) is 26.0 Å². The zero-order valence-electron chi connectivity index (χ0n) is 13.8. The van der Waals surface area contributed by atoms with Crippen molar-refractivity contribution >= 4 is 41.2 Å². The number of aryl methyl sites for hydroxylation is 1. The second-order valence-corrected chi connectivity index (χ2v) is 6.29. The first-order valence-electron chi connectivity index (χ1n) is 7.20. The number of aromatic nitrogens is 1. The number of halogens is 1. The van der Waals surface area contributed by atoms with Crippen molar-refractivity contribution in [1.29, 1.82) is 0 Å². The van der Waals surface area contributed by atoms with Gasteiger partial charge in [-0.3, -0.25) is 9.59 Å². The van der Waals surface area contributed by atoms with Gasteiger partial charge in [0.2, 0.25) is 0 Å². The highest BCUT2D eigenvalue weighted by atomic mass is 35.5. The molecule has 0 aliphatic rings. The van der Waals surface area contributed by atoms with Crippen LogP contribution in [0.2, 0.25) is 0 Å². The third kappa shape index (κ3) is 4.77. The van der Waals surface area contributed by atoms with Crippen LogP contribution in [0.25, 0.3) is 0 Å². The van der Waals surface area contributed by atoms with E-state index >= 15 is 0 Å². The number of hydrogen-bond donors (Lipinski definition) is 2. The van der Waals surface area contributed by atoms with Crippen LogP contribution in [0, 0.1) is 6.92 Å². The van der Waals surface area contributed by atoms with E-state index in [4.69, 9.17) is 5.73 Å². The summed E-state index contributed by atoms with van der Waals surface area (Å²) in [6, 6.07) is 5.21. The van der Waals surface area contributed by atoms with Gasteiger partial charge in [0, 0.05) is 37.1 Å². The molecule has 0 spiro atoms. The molecule has 1 aromatic carbocycles. The first-order chi connectivity index (χ1) is 10.9. The molecule has 0 radical (unpaired) electrons. The van der Waals surface area contributed by atoms with Gasteiger partial charge in [0.05, 0.1) is 5.01 Å². The van der Waals surface area contributed by atoms with E-state index in [-0.39, 0.29) is 24.2 Å². The quantitative estimate of drug-likeness (QED) is 0.847. The number of hydrogen-bond acceptors (Lipinski definition) is 5. The summed E-state index contributed by atoms with van der Waals surface area (Å²) in [7, 11) is 3.41. The summed E-state index contributed by atoms with van der Waals surface area (Å²) in [5.41, 5.74) is 7.92. The lowest BCUT2D eigenvalue weighted by atomic mass is 10.1. The number of carbonyl (C=O) groups is 2. The molecule has 1 aromatic heterocycles. The third-order valence-electron chi connectivity index (χ3n) is 3.26. The molecular formula is C16H21ClN4O2S. The molecule has 24 heavy (non-hydrogen) atoms. The maximum Gasteiger partial charge on any atom is 0.275 e. The summed E-state index contributed by atoms with van der Waals surface area (Å²) < 4.78 is 0. The summed E-state index contributed by atoms with van der Waals surface area (Å²) >= 11 is 1.42. The van der Waals surface area contributed by atoms with Crippen LogP contribution in [0.5, 0.6) is 0 Å². The molecule has 0 saturated carbocycles. The van der Waals surface area contributed by atoms with Crippen molar-refractivity contribution in [2.24, 2.45) is 5.73 Å². The molecular weight excluding hydrogens is 348 g/mol. The topological polar surface area (TPSA) is 88.3 Å². The third-order valence-corrected chi connectivity index (χ3v) is 4.17. The van der Waals surface area contributed by atoms with E-state index in [1.807, 2.05) is 6.92 Å². The predicted molar refractivity (Wildman–Crippen MR) is 99.3 cm³/mol. The lowest BCUT2D eigenvalue weighted by Crippen LogP contribution is -2.22. The first kappa shape index (κ1) is 20.1. The van der Waals surface area contributed by atoms with Gasteiger partial charge in [0.1, 0.15) is 5.69 Å². The second kappa shape index (κ2) is 8.77. The Morgan fingerprint density at radius 2 is 2.04 bits per heavy atom. The molecule has 2 rings (SSSR count). The highest BCUT2D eigenvalue weighted by molar-refractivity contribution is 7.09. The Balaban J connectivity index is 0.00000288. The molecule has 0 aliphatic carbocycles. The molecule has 0 unspecified atom stereocenters. The highest BCUT2D eigenvalue weighted by Crippen LogP contribution is 2.18. The number of amides is 2. The molecule has 2 aromatic rings. The van der Waals surface area contributed by atoms with Gasteiger partial charge in [0.15, 0.2) is 0 Å². The van der Waals surface area contributed by atoms with Crippen molar-refractivity contribution in [3.05, 3.63) is 45.4 Å². The Labute approximate surface area is 151 Å². The summed E-state index contributed by atoms with van der Waals surface area (Å²) in [4.78, 5) is 30.0. The van der Waals surface area contributed by atoms with Crippen molar-refractivity contribution in [2.45, 2.75) is 13.3 Å². The van der Waals surface area contributed by atoms with Crippen LogP contribution in [0.15, 0.2) is 23.6 Å². The summed E-state index contributed by atoms with van der Waals surface area (Å²) in [6.45, 7) is 2.35. The lowest BCUT2D eigenvalue weighted by molar-refractivity contribution is 0.0826. The van der Waals surface area contributed by atoms with Gasteiger partial charge in [-0.25, -0.2) is 4.98 Å². The molecule has 0 aliphatic heterocycles. The van der Waals surface area contributed by atoms with Gasteiger partial charge in [-0.1, -0.05) is 0 Å². The van der Waals surface area contributed by atoms with Crippen LogP contribution in [0.1, 0.15) is 31.4 Å². The van der Waals surface area contributed by atoms with Crippen LogP contribution in [-0.2, 0) is 6.42 Å².